The Hall–Kier alpha value is -1.53. The van der Waals surface area contributed by atoms with Gasteiger partial charge in [0.1, 0.15) is 12.4 Å². The van der Waals surface area contributed by atoms with Crippen LogP contribution in [0.2, 0.25) is 0 Å². The van der Waals surface area contributed by atoms with Gasteiger partial charge >= 0.3 is 0 Å². The van der Waals surface area contributed by atoms with Crippen LogP contribution >= 0.6 is 0 Å². The molecular formula is C16H22N2O. The minimum Gasteiger partial charge on any atom is -0.492 e. The zero-order valence-corrected chi connectivity index (χ0v) is 11.8. The van der Waals surface area contributed by atoms with Crippen LogP contribution in [0.25, 0.3) is 0 Å². The Morgan fingerprint density at radius 3 is 2.63 bits per heavy atom. The van der Waals surface area contributed by atoms with Crippen molar-refractivity contribution < 1.29 is 4.74 Å². The Balaban J connectivity index is 1.73. The van der Waals surface area contributed by atoms with E-state index < -0.39 is 0 Å². The first-order valence-electron chi connectivity index (χ1n) is 7.04. The van der Waals surface area contributed by atoms with Gasteiger partial charge in [-0.1, -0.05) is 13.8 Å². The molecule has 2 atom stereocenters. The number of rotatable bonds is 4. The Labute approximate surface area is 115 Å². The van der Waals surface area contributed by atoms with Crippen molar-refractivity contribution in [2.45, 2.75) is 20.3 Å². The molecule has 2 rings (SSSR count). The average molecular weight is 258 g/mol. The van der Waals surface area contributed by atoms with Crippen molar-refractivity contribution in [3.63, 3.8) is 0 Å². The second kappa shape index (κ2) is 6.58. The fraction of sp³-hybridized carbons (Fsp3) is 0.562. The standard InChI is InChI=1S/C16H22N2O/c1-13-7-8-18(12-14(13)2)9-10-19-16-5-3-15(11-17)4-6-16/h3-6,13-14H,7-10,12H2,1-2H3/t13-,14+/m1/s1. The third kappa shape index (κ3) is 3.97. The molecule has 0 spiro atoms. The van der Waals surface area contributed by atoms with Crippen molar-refractivity contribution >= 4 is 0 Å². The highest BCUT2D eigenvalue weighted by atomic mass is 16.5. The lowest BCUT2D eigenvalue weighted by Crippen LogP contribution is -2.40. The van der Waals surface area contributed by atoms with Gasteiger partial charge in [-0.15, -0.1) is 0 Å². The van der Waals surface area contributed by atoms with E-state index in [4.69, 9.17) is 10.00 Å². The summed E-state index contributed by atoms with van der Waals surface area (Å²) in [5.41, 5.74) is 0.672. The number of hydrogen-bond acceptors (Lipinski definition) is 3. The van der Waals surface area contributed by atoms with E-state index in [0.29, 0.717) is 12.2 Å². The highest BCUT2D eigenvalue weighted by molar-refractivity contribution is 5.34. The van der Waals surface area contributed by atoms with E-state index in [1.807, 2.05) is 12.1 Å². The number of nitriles is 1. The topological polar surface area (TPSA) is 36.3 Å². The lowest BCUT2D eigenvalue weighted by Gasteiger charge is -2.35. The van der Waals surface area contributed by atoms with E-state index in [1.165, 1.54) is 19.5 Å². The Morgan fingerprint density at radius 2 is 2.00 bits per heavy atom. The van der Waals surface area contributed by atoms with E-state index in [1.54, 1.807) is 12.1 Å². The molecule has 0 unspecified atom stereocenters. The highest BCUT2D eigenvalue weighted by Gasteiger charge is 2.22. The fourth-order valence-corrected chi connectivity index (χ4v) is 2.47. The molecule has 0 amide bonds. The van der Waals surface area contributed by atoms with Crippen LogP contribution < -0.4 is 4.74 Å². The van der Waals surface area contributed by atoms with E-state index in [2.05, 4.69) is 24.8 Å². The lowest BCUT2D eigenvalue weighted by atomic mass is 9.89. The molecule has 102 valence electrons. The summed E-state index contributed by atoms with van der Waals surface area (Å²) in [5.74, 6) is 2.47. The number of likely N-dealkylation sites (tertiary alicyclic amines) is 1. The van der Waals surface area contributed by atoms with Crippen LogP contribution in [0, 0.1) is 23.2 Å². The summed E-state index contributed by atoms with van der Waals surface area (Å²) in [6, 6.07) is 9.41. The summed E-state index contributed by atoms with van der Waals surface area (Å²) in [5, 5.41) is 8.72. The fourth-order valence-electron chi connectivity index (χ4n) is 2.47. The number of benzene rings is 1. The molecule has 0 aliphatic carbocycles. The maximum Gasteiger partial charge on any atom is 0.119 e. The van der Waals surface area contributed by atoms with Crippen LogP contribution in [0.15, 0.2) is 24.3 Å². The minimum absolute atomic E-state index is 0.672. The normalized spacial score (nSPS) is 23.8. The predicted molar refractivity (Wildman–Crippen MR) is 76.0 cm³/mol. The van der Waals surface area contributed by atoms with E-state index in [-0.39, 0.29) is 0 Å². The third-order valence-corrected chi connectivity index (χ3v) is 4.08. The first-order valence-corrected chi connectivity index (χ1v) is 7.04. The molecule has 1 aromatic carbocycles. The molecule has 0 radical (unpaired) electrons. The van der Waals surface area contributed by atoms with Crippen LogP contribution in [-0.2, 0) is 0 Å². The SMILES string of the molecule is C[C@@H]1CCN(CCOc2ccc(C#N)cc2)C[C@@H]1C. The molecule has 1 aliphatic rings. The van der Waals surface area contributed by atoms with E-state index in [0.717, 1.165) is 24.1 Å². The lowest BCUT2D eigenvalue weighted by molar-refractivity contribution is 0.119. The maximum atomic E-state index is 8.72. The van der Waals surface area contributed by atoms with Crippen LogP contribution in [0.4, 0.5) is 0 Å². The van der Waals surface area contributed by atoms with E-state index in [9.17, 15) is 0 Å². The van der Waals surface area contributed by atoms with Crippen molar-refractivity contribution in [2.75, 3.05) is 26.2 Å². The zero-order chi connectivity index (χ0) is 13.7. The van der Waals surface area contributed by atoms with Crippen molar-refractivity contribution in [1.82, 2.24) is 4.90 Å². The Morgan fingerprint density at radius 1 is 1.26 bits per heavy atom. The summed E-state index contributed by atoms with van der Waals surface area (Å²) < 4.78 is 5.72. The Kier molecular flexibility index (Phi) is 4.81. The largest absolute Gasteiger partial charge is 0.492 e. The van der Waals surface area contributed by atoms with Gasteiger partial charge in [-0.05, 0) is 49.1 Å². The molecule has 1 heterocycles. The Bertz CT molecular complexity index is 435. The quantitative estimate of drug-likeness (QED) is 0.833. The van der Waals surface area contributed by atoms with Gasteiger partial charge in [-0.3, -0.25) is 4.90 Å². The smallest absolute Gasteiger partial charge is 0.119 e. The zero-order valence-electron chi connectivity index (χ0n) is 11.8. The van der Waals surface area contributed by atoms with Gasteiger partial charge < -0.3 is 4.74 Å². The molecule has 1 saturated heterocycles. The molecule has 1 aliphatic heterocycles. The second-order valence-corrected chi connectivity index (χ2v) is 5.53. The number of nitrogens with zero attached hydrogens (tertiary/aromatic N) is 2. The summed E-state index contributed by atoms with van der Waals surface area (Å²) in [6.07, 6.45) is 1.29. The predicted octanol–water partition coefficient (Wildman–Crippen LogP) is 2.91. The van der Waals surface area contributed by atoms with Crippen LogP contribution in [-0.4, -0.2) is 31.1 Å². The molecule has 0 bridgehead atoms. The molecule has 0 N–H and O–H groups in total. The van der Waals surface area contributed by atoms with Crippen LogP contribution in [0.1, 0.15) is 25.8 Å². The molecule has 3 heteroatoms. The number of hydrogen-bond donors (Lipinski definition) is 0. The summed E-state index contributed by atoms with van der Waals surface area (Å²) in [6.45, 7) is 8.73. The summed E-state index contributed by atoms with van der Waals surface area (Å²) in [4.78, 5) is 2.48. The summed E-state index contributed by atoms with van der Waals surface area (Å²) in [7, 11) is 0. The second-order valence-electron chi connectivity index (χ2n) is 5.53. The molecular weight excluding hydrogens is 236 g/mol. The summed E-state index contributed by atoms with van der Waals surface area (Å²) >= 11 is 0. The van der Waals surface area contributed by atoms with Crippen molar-refractivity contribution in [2.24, 2.45) is 11.8 Å². The number of ether oxygens (including phenoxy) is 1. The molecule has 1 fully saturated rings. The van der Waals surface area contributed by atoms with E-state index >= 15 is 0 Å². The van der Waals surface area contributed by atoms with Crippen molar-refractivity contribution in [3.05, 3.63) is 29.8 Å². The van der Waals surface area contributed by atoms with Gasteiger partial charge in [-0.25, -0.2) is 0 Å². The maximum absolute atomic E-state index is 8.72. The minimum atomic E-state index is 0.672. The molecule has 0 saturated carbocycles. The van der Waals surface area contributed by atoms with Gasteiger partial charge in [0.2, 0.25) is 0 Å². The first kappa shape index (κ1) is 13.9. The molecule has 0 aromatic heterocycles. The van der Waals surface area contributed by atoms with Gasteiger partial charge in [0.05, 0.1) is 11.6 Å². The van der Waals surface area contributed by atoms with Crippen molar-refractivity contribution in [3.8, 4) is 11.8 Å². The molecule has 19 heavy (non-hydrogen) atoms. The van der Waals surface area contributed by atoms with Crippen molar-refractivity contribution in [1.29, 1.82) is 5.26 Å². The monoisotopic (exact) mass is 258 g/mol. The van der Waals surface area contributed by atoms with Crippen LogP contribution in [0.5, 0.6) is 5.75 Å². The molecule has 3 nitrogen and oxygen atoms in total. The van der Waals surface area contributed by atoms with Gasteiger partial charge in [0.25, 0.3) is 0 Å². The number of piperidine rings is 1. The third-order valence-electron chi connectivity index (χ3n) is 4.08. The van der Waals surface area contributed by atoms with Gasteiger partial charge in [0, 0.05) is 13.1 Å². The highest BCUT2D eigenvalue weighted by Crippen LogP contribution is 2.22. The molecule has 1 aromatic rings. The van der Waals surface area contributed by atoms with Gasteiger partial charge in [0.15, 0.2) is 0 Å². The average Bonchev–Trinajstić information content (AvgIpc) is 2.43. The van der Waals surface area contributed by atoms with Crippen LogP contribution in [0.3, 0.4) is 0 Å². The van der Waals surface area contributed by atoms with Gasteiger partial charge in [-0.2, -0.15) is 5.26 Å². The first-order chi connectivity index (χ1) is 9.19.